The molecule has 1 atom stereocenters. The Labute approximate surface area is 126 Å². The van der Waals surface area contributed by atoms with Crippen LogP contribution in [0.1, 0.15) is 12.8 Å². The molecule has 0 radical (unpaired) electrons. The number of rotatable bonds is 4. The first-order chi connectivity index (χ1) is 10.2. The van der Waals surface area contributed by atoms with Gasteiger partial charge >= 0.3 is 6.09 Å². The number of nitrogens with one attached hydrogen (secondary N) is 1. The number of nitrogens with zero attached hydrogens (tertiary/aromatic N) is 1. The van der Waals surface area contributed by atoms with Crippen LogP contribution in [0.25, 0.3) is 0 Å². The first kappa shape index (κ1) is 14.2. The number of ether oxygens (including phenoxy) is 1. The third-order valence-corrected chi connectivity index (χ3v) is 4.54. The molecular formula is C14H16N2O4S. The summed E-state index contributed by atoms with van der Waals surface area (Å²) in [6.07, 6.45) is 0.691. The van der Waals surface area contributed by atoms with Crippen molar-refractivity contribution in [1.29, 1.82) is 0 Å². The number of cyclic esters (lactones) is 1. The minimum absolute atomic E-state index is 0.0329. The summed E-state index contributed by atoms with van der Waals surface area (Å²) in [4.78, 5) is 25.9. The Kier molecular flexibility index (Phi) is 4.03. The Morgan fingerprint density at radius 2 is 2.29 bits per heavy atom. The highest BCUT2D eigenvalue weighted by Gasteiger charge is 2.32. The summed E-state index contributed by atoms with van der Waals surface area (Å²) in [7, 11) is 0. The van der Waals surface area contributed by atoms with Crippen LogP contribution in [-0.2, 0) is 9.53 Å². The molecule has 2 amide bonds. The zero-order valence-electron chi connectivity index (χ0n) is 11.4. The Morgan fingerprint density at radius 1 is 1.43 bits per heavy atom. The lowest BCUT2D eigenvalue weighted by atomic mass is 10.2. The van der Waals surface area contributed by atoms with Gasteiger partial charge in [0.15, 0.2) is 0 Å². The van der Waals surface area contributed by atoms with Crippen LogP contribution < -0.4 is 10.2 Å². The maximum Gasteiger partial charge on any atom is 0.414 e. The van der Waals surface area contributed by atoms with Crippen molar-refractivity contribution in [3.63, 3.8) is 0 Å². The molecule has 0 bridgehead atoms. The van der Waals surface area contributed by atoms with E-state index in [1.54, 1.807) is 11.0 Å². The van der Waals surface area contributed by atoms with Gasteiger partial charge in [0.05, 0.1) is 18.0 Å². The minimum atomic E-state index is -0.382. The second kappa shape index (κ2) is 5.95. The molecule has 6 nitrogen and oxygen atoms in total. The summed E-state index contributed by atoms with van der Waals surface area (Å²) in [6, 6.07) is 5.57. The third kappa shape index (κ3) is 2.98. The molecule has 0 aromatic heterocycles. The van der Waals surface area contributed by atoms with Crippen LogP contribution in [0.4, 0.5) is 16.2 Å². The zero-order valence-corrected chi connectivity index (χ0v) is 12.2. The second-order valence-corrected chi connectivity index (χ2v) is 6.02. The van der Waals surface area contributed by atoms with Crippen LogP contribution >= 0.6 is 11.8 Å². The molecule has 0 aliphatic carbocycles. The molecule has 2 N–H and O–H groups in total. The van der Waals surface area contributed by atoms with Crippen LogP contribution in [0.2, 0.25) is 0 Å². The summed E-state index contributed by atoms with van der Waals surface area (Å²) >= 11 is 1.49. The number of hydrogen-bond donors (Lipinski definition) is 2. The van der Waals surface area contributed by atoms with E-state index in [0.717, 1.165) is 10.6 Å². The van der Waals surface area contributed by atoms with Gasteiger partial charge in [-0.05, 0) is 31.0 Å². The fourth-order valence-corrected chi connectivity index (χ4v) is 3.23. The molecule has 2 heterocycles. The Morgan fingerprint density at radius 3 is 3.10 bits per heavy atom. The average molecular weight is 308 g/mol. The van der Waals surface area contributed by atoms with Crippen molar-refractivity contribution >= 4 is 35.1 Å². The maximum absolute atomic E-state index is 11.9. The predicted octanol–water partition coefficient (Wildman–Crippen LogP) is 1.83. The van der Waals surface area contributed by atoms with Gasteiger partial charge in [0.2, 0.25) is 5.91 Å². The van der Waals surface area contributed by atoms with Crippen LogP contribution in [-0.4, -0.2) is 42.1 Å². The van der Waals surface area contributed by atoms with Gasteiger partial charge < -0.3 is 15.2 Å². The topological polar surface area (TPSA) is 78.9 Å². The minimum Gasteiger partial charge on any atom is -0.444 e. The molecule has 7 heteroatoms. The van der Waals surface area contributed by atoms with E-state index in [0.29, 0.717) is 30.8 Å². The van der Waals surface area contributed by atoms with Gasteiger partial charge in [-0.2, -0.15) is 0 Å². The van der Waals surface area contributed by atoms with Crippen molar-refractivity contribution in [2.24, 2.45) is 0 Å². The highest BCUT2D eigenvalue weighted by molar-refractivity contribution is 8.00. The number of thioether (sulfide) groups is 1. The third-order valence-electron chi connectivity index (χ3n) is 3.47. The largest absolute Gasteiger partial charge is 0.444 e. The Balaban J connectivity index is 1.76. The Hall–Kier alpha value is -1.73. The second-order valence-electron chi connectivity index (χ2n) is 5.00. The molecule has 1 saturated heterocycles. The molecule has 0 spiro atoms. The molecule has 1 aromatic rings. The van der Waals surface area contributed by atoms with Gasteiger partial charge in [0.1, 0.15) is 6.10 Å². The monoisotopic (exact) mass is 308 g/mol. The number of carbonyl (C=O) groups excluding carboxylic acids is 2. The fraction of sp³-hybridized carbons (Fsp3) is 0.429. The first-order valence-corrected chi connectivity index (χ1v) is 7.81. The number of anilines is 2. The van der Waals surface area contributed by atoms with Crippen LogP contribution in [0.3, 0.4) is 0 Å². The van der Waals surface area contributed by atoms with Gasteiger partial charge in [-0.3, -0.25) is 9.69 Å². The number of benzene rings is 1. The molecule has 3 rings (SSSR count). The highest BCUT2D eigenvalue weighted by Crippen LogP contribution is 2.35. The Bertz CT molecular complexity index is 578. The van der Waals surface area contributed by atoms with E-state index in [1.165, 1.54) is 11.8 Å². The SMILES string of the molecule is O=C1CSc2ccc(N3C[C@H](CCCO)OC3=O)cc2N1. The number of carbonyl (C=O) groups is 2. The van der Waals surface area contributed by atoms with Crippen molar-refractivity contribution in [1.82, 2.24) is 0 Å². The molecule has 0 saturated carbocycles. The van der Waals surface area contributed by atoms with E-state index < -0.39 is 0 Å². The number of aliphatic hydroxyl groups excluding tert-OH is 1. The fourth-order valence-electron chi connectivity index (χ4n) is 2.44. The van der Waals surface area contributed by atoms with Crippen molar-refractivity contribution in [3.8, 4) is 0 Å². The van der Waals surface area contributed by atoms with E-state index in [2.05, 4.69) is 5.32 Å². The zero-order chi connectivity index (χ0) is 14.8. The molecule has 112 valence electrons. The van der Waals surface area contributed by atoms with Gasteiger partial charge in [0.25, 0.3) is 0 Å². The lowest BCUT2D eigenvalue weighted by Gasteiger charge is -2.19. The number of aliphatic hydroxyl groups is 1. The van der Waals surface area contributed by atoms with Gasteiger partial charge in [-0.15, -0.1) is 11.8 Å². The van der Waals surface area contributed by atoms with Gasteiger partial charge in [-0.25, -0.2) is 4.79 Å². The molecule has 2 aliphatic heterocycles. The summed E-state index contributed by atoms with van der Waals surface area (Å²) in [5, 5.41) is 11.6. The summed E-state index contributed by atoms with van der Waals surface area (Å²) < 4.78 is 5.28. The molecule has 2 aliphatic rings. The van der Waals surface area contributed by atoms with Crippen molar-refractivity contribution in [2.75, 3.05) is 29.1 Å². The molecule has 21 heavy (non-hydrogen) atoms. The number of fused-ring (bicyclic) bond motifs is 1. The normalized spacial score (nSPS) is 21.0. The van der Waals surface area contributed by atoms with Crippen molar-refractivity contribution in [2.45, 2.75) is 23.8 Å². The molecule has 1 aromatic carbocycles. The predicted molar refractivity (Wildman–Crippen MR) is 79.7 cm³/mol. The lowest BCUT2D eigenvalue weighted by molar-refractivity contribution is -0.113. The van der Waals surface area contributed by atoms with Crippen LogP contribution in [0, 0.1) is 0 Å². The van der Waals surface area contributed by atoms with E-state index in [4.69, 9.17) is 9.84 Å². The standard InChI is InChI=1S/C14H16N2O4S/c17-5-1-2-10-7-16(14(19)20-10)9-3-4-12-11(6-9)15-13(18)8-21-12/h3-4,6,10,17H,1-2,5,7-8H2,(H,15,18)/t10-/m0/s1. The van der Waals surface area contributed by atoms with Gasteiger partial charge in [-0.1, -0.05) is 0 Å². The van der Waals surface area contributed by atoms with E-state index in [9.17, 15) is 9.59 Å². The summed E-state index contributed by atoms with van der Waals surface area (Å²) in [5.74, 6) is 0.385. The number of amides is 2. The molecular weight excluding hydrogens is 292 g/mol. The van der Waals surface area contributed by atoms with E-state index in [-0.39, 0.29) is 24.7 Å². The lowest BCUT2D eigenvalue weighted by Crippen LogP contribution is -2.25. The van der Waals surface area contributed by atoms with Crippen molar-refractivity contribution < 1.29 is 19.4 Å². The van der Waals surface area contributed by atoms with Crippen molar-refractivity contribution in [3.05, 3.63) is 18.2 Å². The average Bonchev–Trinajstić information content (AvgIpc) is 2.85. The van der Waals surface area contributed by atoms with E-state index in [1.807, 2.05) is 12.1 Å². The maximum atomic E-state index is 11.9. The van der Waals surface area contributed by atoms with Gasteiger partial charge in [0, 0.05) is 17.2 Å². The van der Waals surface area contributed by atoms with E-state index >= 15 is 0 Å². The first-order valence-electron chi connectivity index (χ1n) is 6.83. The molecule has 0 unspecified atom stereocenters. The number of hydrogen-bond acceptors (Lipinski definition) is 5. The quantitative estimate of drug-likeness (QED) is 0.887. The summed E-state index contributed by atoms with van der Waals surface area (Å²) in [5.41, 5.74) is 1.45. The van der Waals surface area contributed by atoms with Crippen LogP contribution in [0.5, 0.6) is 0 Å². The van der Waals surface area contributed by atoms with Crippen LogP contribution in [0.15, 0.2) is 23.1 Å². The smallest absolute Gasteiger partial charge is 0.414 e. The highest BCUT2D eigenvalue weighted by atomic mass is 32.2. The summed E-state index contributed by atoms with van der Waals surface area (Å²) in [6.45, 7) is 0.564. The molecule has 1 fully saturated rings.